The molecule has 0 aliphatic carbocycles. The monoisotopic (exact) mass is 265 g/mol. The SMILES string of the molecule is O=C(NNc1ccc(Cl)cc1)c1cccc(F)n1. The summed E-state index contributed by atoms with van der Waals surface area (Å²) in [6, 6.07) is 10.8. The number of amides is 1. The number of hydrogen-bond donors (Lipinski definition) is 2. The smallest absolute Gasteiger partial charge is 0.288 e. The van der Waals surface area contributed by atoms with Gasteiger partial charge in [0.25, 0.3) is 5.91 Å². The number of hydrazine groups is 1. The minimum absolute atomic E-state index is 0.00327. The molecule has 0 spiro atoms. The van der Waals surface area contributed by atoms with Crippen molar-refractivity contribution in [3.63, 3.8) is 0 Å². The van der Waals surface area contributed by atoms with Crippen LogP contribution in [0.1, 0.15) is 10.5 Å². The van der Waals surface area contributed by atoms with Crippen LogP contribution in [0.25, 0.3) is 0 Å². The quantitative estimate of drug-likeness (QED) is 0.663. The van der Waals surface area contributed by atoms with Crippen LogP contribution in [0.4, 0.5) is 10.1 Å². The highest BCUT2D eigenvalue weighted by Gasteiger charge is 2.07. The van der Waals surface area contributed by atoms with Crippen LogP contribution in [0.15, 0.2) is 42.5 Å². The van der Waals surface area contributed by atoms with E-state index >= 15 is 0 Å². The summed E-state index contributed by atoms with van der Waals surface area (Å²) in [4.78, 5) is 15.1. The number of nitrogens with one attached hydrogen (secondary N) is 2. The zero-order valence-corrected chi connectivity index (χ0v) is 9.91. The van der Waals surface area contributed by atoms with Crippen LogP contribution in [-0.2, 0) is 0 Å². The summed E-state index contributed by atoms with van der Waals surface area (Å²) in [5.74, 6) is -1.22. The first-order valence-electron chi connectivity index (χ1n) is 5.09. The second kappa shape index (κ2) is 5.46. The van der Waals surface area contributed by atoms with Crippen molar-refractivity contribution in [3.8, 4) is 0 Å². The van der Waals surface area contributed by atoms with Gasteiger partial charge in [0.1, 0.15) is 5.69 Å². The topological polar surface area (TPSA) is 54.0 Å². The second-order valence-electron chi connectivity index (χ2n) is 3.43. The predicted molar refractivity (Wildman–Crippen MR) is 66.7 cm³/mol. The Labute approximate surface area is 108 Å². The average Bonchev–Trinajstić information content (AvgIpc) is 2.38. The van der Waals surface area contributed by atoms with Gasteiger partial charge in [0.05, 0.1) is 5.69 Å². The summed E-state index contributed by atoms with van der Waals surface area (Å²) >= 11 is 5.72. The van der Waals surface area contributed by atoms with E-state index < -0.39 is 11.9 Å². The fraction of sp³-hybridized carbons (Fsp3) is 0. The third kappa shape index (κ3) is 3.18. The predicted octanol–water partition coefficient (Wildman–Crippen LogP) is 2.63. The van der Waals surface area contributed by atoms with Gasteiger partial charge >= 0.3 is 0 Å². The zero-order chi connectivity index (χ0) is 13.0. The van der Waals surface area contributed by atoms with Gasteiger partial charge in [0, 0.05) is 5.02 Å². The van der Waals surface area contributed by atoms with Crippen LogP contribution < -0.4 is 10.9 Å². The highest BCUT2D eigenvalue weighted by Crippen LogP contribution is 2.12. The lowest BCUT2D eigenvalue weighted by atomic mass is 10.3. The molecule has 0 bridgehead atoms. The van der Waals surface area contributed by atoms with E-state index in [0.29, 0.717) is 10.7 Å². The first-order chi connectivity index (χ1) is 8.65. The highest BCUT2D eigenvalue weighted by molar-refractivity contribution is 6.30. The molecular weight excluding hydrogens is 257 g/mol. The Hall–Kier alpha value is -2.14. The van der Waals surface area contributed by atoms with Crippen molar-refractivity contribution >= 4 is 23.2 Å². The molecule has 4 nitrogen and oxygen atoms in total. The van der Waals surface area contributed by atoms with E-state index in [1.54, 1.807) is 24.3 Å². The van der Waals surface area contributed by atoms with Crippen LogP contribution in [0, 0.1) is 5.95 Å². The largest absolute Gasteiger partial charge is 0.298 e. The molecule has 0 fully saturated rings. The summed E-state index contributed by atoms with van der Waals surface area (Å²) in [5, 5.41) is 0.596. The maximum atomic E-state index is 12.8. The molecule has 6 heteroatoms. The molecule has 1 heterocycles. The van der Waals surface area contributed by atoms with Crippen molar-refractivity contribution in [3.05, 3.63) is 59.1 Å². The molecule has 0 atom stereocenters. The summed E-state index contributed by atoms with van der Waals surface area (Å²) in [6.07, 6.45) is 0. The Morgan fingerprint density at radius 1 is 1.17 bits per heavy atom. The van der Waals surface area contributed by atoms with Crippen molar-refractivity contribution in [1.82, 2.24) is 10.4 Å². The fourth-order valence-corrected chi connectivity index (χ4v) is 1.39. The fourth-order valence-electron chi connectivity index (χ4n) is 1.26. The van der Waals surface area contributed by atoms with Crippen molar-refractivity contribution in [1.29, 1.82) is 0 Å². The van der Waals surface area contributed by atoms with Gasteiger partial charge in [-0.2, -0.15) is 4.39 Å². The molecule has 2 aromatic rings. The Morgan fingerprint density at radius 3 is 2.56 bits per heavy atom. The maximum absolute atomic E-state index is 12.8. The van der Waals surface area contributed by atoms with Gasteiger partial charge in [-0.1, -0.05) is 17.7 Å². The first-order valence-corrected chi connectivity index (χ1v) is 5.47. The summed E-state index contributed by atoms with van der Waals surface area (Å²) in [7, 11) is 0. The number of halogens is 2. The Bertz CT molecular complexity index is 560. The van der Waals surface area contributed by atoms with Gasteiger partial charge in [-0.3, -0.25) is 15.6 Å². The molecule has 0 aliphatic rings. The second-order valence-corrected chi connectivity index (χ2v) is 3.87. The minimum Gasteiger partial charge on any atom is -0.298 e. The van der Waals surface area contributed by atoms with E-state index in [1.807, 2.05) is 0 Å². The molecule has 18 heavy (non-hydrogen) atoms. The van der Waals surface area contributed by atoms with Gasteiger partial charge in [0.15, 0.2) is 0 Å². The van der Waals surface area contributed by atoms with Gasteiger partial charge in [-0.25, -0.2) is 4.98 Å². The number of carbonyl (C=O) groups excluding carboxylic acids is 1. The van der Waals surface area contributed by atoms with E-state index in [1.165, 1.54) is 18.2 Å². The Morgan fingerprint density at radius 2 is 1.89 bits per heavy atom. The highest BCUT2D eigenvalue weighted by atomic mass is 35.5. The van der Waals surface area contributed by atoms with Crippen LogP contribution in [-0.4, -0.2) is 10.9 Å². The third-order valence-corrected chi connectivity index (χ3v) is 2.36. The summed E-state index contributed by atoms with van der Waals surface area (Å²) in [6.45, 7) is 0. The lowest BCUT2D eigenvalue weighted by Crippen LogP contribution is -2.30. The van der Waals surface area contributed by atoms with Crippen molar-refractivity contribution in [2.75, 3.05) is 5.43 Å². The number of hydrogen-bond acceptors (Lipinski definition) is 3. The number of pyridine rings is 1. The molecule has 2 rings (SSSR count). The number of carbonyl (C=O) groups is 1. The molecule has 1 amide bonds. The Balaban J connectivity index is 1.98. The molecule has 0 aliphatic heterocycles. The van der Waals surface area contributed by atoms with Crippen LogP contribution in [0.3, 0.4) is 0 Å². The number of aromatic nitrogens is 1. The molecule has 0 saturated heterocycles. The lowest BCUT2D eigenvalue weighted by molar-refractivity contribution is 0.0956. The van der Waals surface area contributed by atoms with E-state index in [2.05, 4.69) is 15.8 Å². The Kier molecular flexibility index (Phi) is 3.74. The van der Waals surface area contributed by atoms with Crippen LogP contribution in [0.5, 0.6) is 0 Å². The normalized spacial score (nSPS) is 9.89. The number of anilines is 1. The summed E-state index contributed by atoms with van der Waals surface area (Å²) < 4.78 is 12.8. The minimum atomic E-state index is -0.700. The third-order valence-electron chi connectivity index (χ3n) is 2.11. The summed E-state index contributed by atoms with van der Waals surface area (Å²) in [5.41, 5.74) is 5.72. The van der Waals surface area contributed by atoms with Crippen molar-refractivity contribution in [2.45, 2.75) is 0 Å². The van der Waals surface area contributed by atoms with Crippen LogP contribution in [0.2, 0.25) is 5.02 Å². The molecule has 0 radical (unpaired) electrons. The van der Waals surface area contributed by atoms with Crippen molar-refractivity contribution < 1.29 is 9.18 Å². The number of benzene rings is 1. The van der Waals surface area contributed by atoms with Gasteiger partial charge < -0.3 is 0 Å². The molecule has 1 aromatic carbocycles. The molecule has 0 unspecified atom stereocenters. The standard InChI is InChI=1S/C12H9ClFN3O/c13-8-4-6-9(7-5-8)16-17-12(18)10-2-1-3-11(14)15-10/h1-7,16H,(H,17,18). The first kappa shape index (κ1) is 12.3. The molecular formula is C12H9ClFN3O. The number of rotatable bonds is 3. The molecule has 2 N–H and O–H groups in total. The van der Waals surface area contributed by atoms with Gasteiger partial charge in [-0.15, -0.1) is 0 Å². The molecule has 92 valence electrons. The van der Waals surface area contributed by atoms with Gasteiger partial charge in [0.2, 0.25) is 5.95 Å². The average molecular weight is 266 g/mol. The van der Waals surface area contributed by atoms with Gasteiger partial charge in [-0.05, 0) is 36.4 Å². The van der Waals surface area contributed by atoms with E-state index in [0.717, 1.165) is 0 Å². The van der Waals surface area contributed by atoms with Crippen molar-refractivity contribution in [2.24, 2.45) is 0 Å². The van der Waals surface area contributed by atoms with E-state index in [9.17, 15) is 9.18 Å². The van der Waals surface area contributed by atoms with E-state index in [-0.39, 0.29) is 5.69 Å². The zero-order valence-electron chi connectivity index (χ0n) is 9.15. The number of nitrogens with zero attached hydrogens (tertiary/aromatic N) is 1. The molecule has 0 saturated carbocycles. The maximum Gasteiger partial charge on any atom is 0.288 e. The molecule has 1 aromatic heterocycles. The lowest BCUT2D eigenvalue weighted by Gasteiger charge is -2.07. The van der Waals surface area contributed by atoms with E-state index in [4.69, 9.17) is 11.6 Å². The van der Waals surface area contributed by atoms with Crippen LogP contribution >= 0.6 is 11.6 Å².